The highest BCUT2D eigenvalue weighted by Crippen LogP contribution is 2.28. The predicted octanol–water partition coefficient (Wildman–Crippen LogP) is 3.30. The molecule has 6 heteroatoms. The van der Waals surface area contributed by atoms with Gasteiger partial charge >= 0.3 is 5.97 Å². The third-order valence-corrected chi connectivity index (χ3v) is 5.00. The molecule has 2 rings (SSSR count). The van der Waals surface area contributed by atoms with Crippen LogP contribution in [0.1, 0.15) is 37.0 Å². The fraction of sp³-hybridized carbons (Fsp3) is 0.571. The number of rotatable bonds is 8. The Hall–Kier alpha value is -0.880. The fourth-order valence-electron chi connectivity index (χ4n) is 2.16. The number of amides is 1. The number of halogens is 1. The molecule has 1 amide bonds. The number of hydrogen-bond acceptors (Lipinski definition) is 3. The number of nitrogens with zero attached hydrogens (tertiary/aromatic N) is 1. The standard InChI is InChI=1S/C14H18BrNO3S/c15-12-7-6-11(20-12)2-1-3-13(17)16(10-4-5-10)9-8-14(18)19/h6-7,10H,1-5,8-9H2,(H,18,19). The summed E-state index contributed by atoms with van der Waals surface area (Å²) in [6.07, 6.45) is 4.31. The number of aryl methyl sites for hydroxylation is 1. The molecular formula is C14H18BrNO3S. The molecule has 20 heavy (non-hydrogen) atoms. The van der Waals surface area contributed by atoms with Gasteiger partial charge in [0.15, 0.2) is 0 Å². The topological polar surface area (TPSA) is 57.6 Å². The molecule has 0 radical (unpaired) electrons. The minimum Gasteiger partial charge on any atom is -0.481 e. The minimum atomic E-state index is -0.841. The Morgan fingerprint density at radius 3 is 2.65 bits per heavy atom. The van der Waals surface area contributed by atoms with E-state index in [0.29, 0.717) is 13.0 Å². The van der Waals surface area contributed by atoms with Crippen LogP contribution in [0.5, 0.6) is 0 Å². The molecule has 1 heterocycles. The fourth-order valence-corrected chi connectivity index (χ4v) is 3.68. The summed E-state index contributed by atoms with van der Waals surface area (Å²) < 4.78 is 1.11. The van der Waals surface area contributed by atoms with Crippen molar-refractivity contribution in [2.24, 2.45) is 0 Å². The van der Waals surface area contributed by atoms with Gasteiger partial charge in [0, 0.05) is 23.9 Å². The summed E-state index contributed by atoms with van der Waals surface area (Å²) in [4.78, 5) is 25.8. The van der Waals surface area contributed by atoms with Crippen LogP contribution in [0.15, 0.2) is 15.9 Å². The van der Waals surface area contributed by atoms with Crippen LogP contribution < -0.4 is 0 Å². The quantitative estimate of drug-likeness (QED) is 0.774. The van der Waals surface area contributed by atoms with Gasteiger partial charge in [0.1, 0.15) is 0 Å². The molecule has 0 saturated heterocycles. The Morgan fingerprint density at radius 2 is 2.10 bits per heavy atom. The Balaban J connectivity index is 1.75. The van der Waals surface area contributed by atoms with Crippen molar-refractivity contribution in [3.63, 3.8) is 0 Å². The smallest absolute Gasteiger partial charge is 0.305 e. The van der Waals surface area contributed by atoms with E-state index in [4.69, 9.17) is 5.11 Å². The molecule has 1 fully saturated rings. The summed E-state index contributed by atoms with van der Waals surface area (Å²) in [5, 5.41) is 8.73. The molecular weight excluding hydrogens is 342 g/mol. The van der Waals surface area contributed by atoms with E-state index in [9.17, 15) is 9.59 Å². The third kappa shape index (κ3) is 4.90. The van der Waals surface area contributed by atoms with Crippen molar-refractivity contribution in [1.82, 2.24) is 4.90 Å². The molecule has 0 atom stereocenters. The zero-order valence-electron chi connectivity index (χ0n) is 11.2. The molecule has 0 bridgehead atoms. The number of carbonyl (C=O) groups excluding carboxylic acids is 1. The van der Waals surface area contributed by atoms with Gasteiger partial charge in [0.05, 0.1) is 10.2 Å². The second-order valence-electron chi connectivity index (χ2n) is 5.02. The molecule has 1 saturated carbocycles. The molecule has 0 unspecified atom stereocenters. The lowest BCUT2D eigenvalue weighted by molar-refractivity contribution is -0.138. The maximum Gasteiger partial charge on any atom is 0.305 e. The van der Waals surface area contributed by atoms with Gasteiger partial charge in [0.25, 0.3) is 0 Å². The SMILES string of the molecule is O=C(O)CCN(C(=O)CCCc1ccc(Br)s1)C1CC1. The number of hydrogen-bond donors (Lipinski definition) is 1. The number of aliphatic carboxylic acids is 1. The molecule has 1 aliphatic rings. The van der Waals surface area contributed by atoms with Crippen LogP contribution in [0.4, 0.5) is 0 Å². The average Bonchev–Trinajstić information content (AvgIpc) is 3.13. The number of carbonyl (C=O) groups is 2. The van der Waals surface area contributed by atoms with Crippen molar-refractivity contribution >= 4 is 39.1 Å². The van der Waals surface area contributed by atoms with E-state index in [1.165, 1.54) is 4.88 Å². The van der Waals surface area contributed by atoms with Crippen LogP contribution in [0.2, 0.25) is 0 Å². The lowest BCUT2D eigenvalue weighted by atomic mass is 10.2. The van der Waals surface area contributed by atoms with Gasteiger partial charge in [-0.15, -0.1) is 11.3 Å². The minimum absolute atomic E-state index is 0.0418. The summed E-state index contributed by atoms with van der Waals surface area (Å²) in [5.74, 6) is -0.740. The van der Waals surface area contributed by atoms with Crippen LogP contribution in [0.25, 0.3) is 0 Å². The van der Waals surface area contributed by atoms with Gasteiger partial charge in [-0.05, 0) is 53.7 Å². The summed E-state index contributed by atoms with van der Waals surface area (Å²) >= 11 is 5.12. The maximum atomic E-state index is 12.2. The van der Waals surface area contributed by atoms with Gasteiger partial charge < -0.3 is 10.0 Å². The molecule has 1 N–H and O–H groups in total. The molecule has 1 aromatic heterocycles. The number of carboxylic acid groups (broad SMARTS) is 1. The Morgan fingerprint density at radius 1 is 1.35 bits per heavy atom. The first-order chi connectivity index (χ1) is 9.56. The van der Waals surface area contributed by atoms with Gasteiger partial charge in [-0.25, -0.2) is 0 Å². The van der Waals surface area contributed by atoms with Crippen LogP contribution >= 0.6 is 27.3 Å². The number of carboxylic acids is 1. The highest BCUT2D eigenvalue weighted by Gasteiger charge is 2.32. The van der Waals surface area contributed by atoms with Crippen LogP contribution in [-0.4, -0.2) is 34.5 Å². The van der Waals surface area contributed by atoms with E-state index in [1.54, 1.807) is 16.2 Å². The van der Waals surface area contributed by atoms with Gasteiger partial charge in [-0.1, -0.05) is 0 Å². The second kappa shape index (κ2) is 7.22. The van der Waals surface area contributed by atoms with Gasteiger partial charge in [-0.2, -0.15) is 0 Å². The van der Waals surface area contributed by atoms with Crippen LogP contribution in [0.3, 0.4) is 0 Å². The molecule has 0 aliphatic heterocycles. The Bertz CT molecular complexity index is 485. The molecule has 0 spiro atoms. The number of thiophene rings is 1. The first-order valence-electron chi connectivity index (χ1n) is 6.81. The molecule has 0 aromatic carbocycles. The average molecular weight is 360 g/mol. The van der Waals surface area contributed by atoms with Gasteiger partial charge in [0.2, 0.25) is 5.91 Å². The van der Waals surface area contributed by atoms with E-state index in [0.717, 1.165) is 29.5 Å². The van der Waals surface area contributed by atoms with E-state index >= 15 is 0 Å². The van der Waals surface area contributed by atoms with Crippen LogP contribution in [-0.2, 0) is 16.0 Å². The molecule has 4 nitrogen and oxygen atoms in total. The van der Waals surface area contributed by atoms with Crippen molar-refractivity contribution in [3.8, 4) is 0 Å². The monoisotopic (exact) mass is 359 g/mol. The van der Waals surface area contributed by atoms with Crippen molar-refractivity contribution in [3.05, 3.63) is 20.8 Å². The first kappa shape index (κ1) is 15.5. The van der Waals surface area contributed by atoms with Crippen molar-refractivity contribution in [2.75, 3.05) is 6.54 Å². The van der Waals surface area contributed by atoms with E-state index in [-0.39, 0.29) is 18.4 Å². The van der Waals surface area contributed by atoms with E-state index in [2.05, 4.69) is 22.0 Å². The summed E-state index contributed by atoms with van der Waals surface area (Å²) in [6.45, 7) is 0.351. The van der Waals surface area contributed by atoms with Crippen molar-refractivity contribution < 1.29 is 14.7 Å². The highest BCUT2D eigenvalue weighted by atomic mass is 79.9. The van der Waals surface area contributed by atoms with Crippen LogP contribution in [0, 0.1) is 0 Å². The van der Waals surface area contributed by atoms with Crippen molar-refractivity contribution in [1.29, 1.82) is 0 Å². The normalized spacial score (nSPS) is 14.2. The highest BCUT2D eigenvalue weighted by molar-refractivity contribution is 9.11. The van der Waals surface area contributed by atoms with Crippen molar-refractivity contribution in [2.45, 2.75) is 44.6 Å². The lowest BCUT2D eigenvalue weighted by Gasteiger charge is -2.21. The third-order valence-electron chi connectivity index (χ3n) is 3.32. The summed E-state index contributed by atoms with van der Waals surface area (Å²) in [7, 11) is 0. The molecule has 1 aromatic rings. The van der Waals surface area contributed by atoms with E-state index in [1.807, 2.05) is 6.07 Å². The molecule has 1 aliphatic carbocycles. The zero-order chi connectivity index (χ0) is 14.5. The largest absolute Gasteiger partial charge is 0.481 e. The second-order valence-corrected chi connectivity index (χ2v) is 7.57. The maximum absolute atomic E-state index is 12.2. The summed E-state index contributed by atoms with van der Waals surface area (Å²) in [5.41, 5.74) is 0. The first-order valence-corrected chi connectivity index (χ1v) is 8.42. The van der Waals surface area contributed by atoms with Gasteiger partial charge in [-0.3, -0.25) is 9.59 Å². The zero-order valence-corrected chi connectivity index (χ0v) is 13.6. The molecule has 110 valence electrons. The predicted molar refractivity (Wildman–Crippen MR) is 81.9 cm³/mol. The van der Waals surface area contributed by atoms with E-state index < -0.39 is 5.97 Å². The Kier molecular flexibility index (Phi) is 5.60. The lowest BCUT2D eigenvalue weighted by Crippen LogP contribution is -2.34. The summed E-state index contributed by atoms with van der Waals surface area (Å²) in [6, 6.07) is 4.38. The Labute approximate surface area is 130 Å².